The first kappa shape index (κ1) is 11.4. The summed E-state index contributed by atoms with van der Waals surface area (Å²) < 4.78 is 5.35. The third-order valence-corrected chi connectivity index (χ3v) is 3.54. The molecule has 1 aliphatic carbocycles. The summed E-state index contributed by atoms with van der Waals surface area (Å²) in [5, 5.41) is 3.96. The van der Waals surface area contributed by atoms with Crippen molar-refractivity contribution >= 4 is 0 Å². The standard InChI is InChI=1S/C12H17N5O/c13-9-5-3-1-2-4-8(9)12-16-11(17-18-12)10-14-6-7-15-10/h6-9H,1-5,13H2,(H,14,15). The minimum absolute atomic E-state index is 0.123. The molecule has 0 spiro atoms. The Kier molecular flexibility index (Phi) is 3.10. The first-order valence-corrected chi connectivity index (χ1v) is 6.43. The lowest BCUT2D eigenvalue weighted by Crippen LogP contribution is -2.27. The van der Waals surface area contributed by atoms with Crippen molar-refractivity contribution in [2.45, 2.75) is 44.1 Å². The molecule has 3 N–H and O–H groups in total. The van der Waals surface area contributed by atoms with Gasteiger partial charge in [0, 0.05) is 18.4 Å². The molecular formula is C12H17N5O. The molecule has 0 saturated heterocycles. The molecule has 1 fully saturated rings. The number of aromatic nitrogens is 4. The number of hydrogen-bond donors (Lipinski definition) is 2. The molecule has 18 heavy (non-hydrogen) atoms. The summed E-state index contributed by atoms with van der Waals surface area (Å²) in [4.78, 5) is 11.5. The van der Waals surface area contributed by atoms with Crippen LogP contribution in [0.3, 0.4) is 0 Å². The fraction of sp³-hybridized carbons (Fsp3) is 0.583. The maximum absolute atomic E-state index is 6.19. The molecule has 0 radical (unpaired) electrons. The molecule has 0 aliphatic heterocycles. The zero-order chi connectivity index (χ0) is 12.4. The van der Waals surface area contributed by atoms with E-state index in [1.165, 1.54) is 19.3 Å². The molecule has 1 aliphatic rings. The van der Waals surface area contributed by atoms with Crippen LogP contribution < -0.4 is 5.73 Å². The second-order valence-electron chi connectivity index (χ2n) is 4.80. The van der Waals surface area contributed by atoms with Gasteiger partial charge in [-0.3, -0.25) is 0 Å². The topological polar surface area (TPSA) is 93.6 Å². The van der Waals surface area contributed by atoms with E-state index in [0.717, 1.165) is 12.8 Å². The van der Waals surface area contributed by atoms with E-state index in [2.05, 4.69) is 20.1 Å². The van der Waals surface area contributed by atoms with Crippen molar-refractivity contribution in [1.82, 2.24) is 20.1 Å². The number of imidazole rings is 1. The monoisotopic (exact) mass is 247 g/mol. The first-order valence-electron chi connectivity index (χ1n) is 6.43. The van der Waals surface area contributed by atoms with Gasteiger partial charge in [0.1, 0.15) is 0 Å². The number of hydrogen-bond acceptors (Lipinski definition) is 5. The summed E-state index contributed by atoms with van der Waals surface area (Å²) in [5.41, 5.74) is 6.19. The molecule has 1 saturated carbocycles. The number of nitrogens with two attached hydrogens (primary N) is 1. The van der Waals surface area contributed by atoms with Crippen molar-refractivity contribution in [3.05, 3.63) is 18.3 Å². The van der Waals surface area contributed by atoms with E-state index in [0.29, 0.717) is 17.5 Å². The molecule has 3 rings (SSSR count). The van der Waals surface area contributed by atoms with E-state index in [-0.39, 0.29) is 12.0 Å². The van der Waals surface area contributed by atoms with Crippen molar-refractivity contribution in [3.8, 4) is 11.6 Å². The molecule has 2 heterocycles. The van der Waals surface area contributed by atoms with Crippen molar-refractivity contribution < 1.29 is 4.52 Å². The third kappa shape index (κ3) is 2.15. The van der Waals surface area contributed by atoms with Gasteiger partial charge >= 0.3 is 0 Å². The van der Waals surface area contributed by atoms with Gasteiger partial charge in [-0.25, -0.2) is 4.98 Å². The van der Waals surface area contributed by atoms with Crippen LogP contribution in [-0.2, 0) is 0 Å². The van der Waals surface area contributed by atoms with E-state index < -0.39 is 0 Å². The van der Waals surface area contributed by atoms with Crippen molar-refractivity contribution in [3.63, 3.8) is 0 Å². The van der Waals surface area contributed by atoms with E-state index in [1.54, 1.807) is 12.4 Å². The predicted molar refractivity (Wildman–Crippen MR) is 65.7 cm³/mol. The fourth-order valence-electron chi connectivity index (χ4n) is 2.51. The van der Waals surface area contributed by atoms with Gasteiger partial charge in [0.25, 0.3) is 0 Å². The maximum atomic E-state index is 6.19. The van der Waals surface area contributed by atoms with Gasteiger partial charge in [0.2, 0.25) is 11.7 Å². The van der Waals surface area contributed by atoms with Crippen LogP contribution in [0.1, 0.15) is 43.9 Å². The second-order valence-corrected chi connectivity index (χ2v) is 4.80. The molecule has 2 aromatic heterocycles. The Morgan fingerprint density at radius 3 is 3.00 bits per heavy atom. The van der Waals surface area contributed by atoms with E-state index in [9.17, 15) is 0 Å². The number of nitrogens with zero attached hydrogens (tertiary/aromatic N) is 3. The molecule has 6 nitrogen and oxygen atoms in total. The second kappa shape index (κ2) is 4.89. The molecule has 2 aromatic rings. The van der Waals surface area contributed by atoms with Gasteiger partial charge < -0.3 is 15.2 Å². The Labute approximate surface area is 105 Å². The molecule has 0 aromatic carbocycles. The average molecular weight is 247 g/mol. The minimum Gasteiger partial charge on any atom is -0.342 e. The Bertz CT molecular complexity index is 492. The highest BCUT2D eigenvalue weighted by molar-refractivity contribution is 5.40. The summed E-state index contributed by atoms with van der Waals surface area (Å²) in [7, 11) is 0. The summed E-state index contributed by atoms with van der Waals surface area (Å²) in [6, 6.07) is 0.123. The summed E-state index contributed by atoms with van der Waals surface area (Å²) in [6.07, 6.45) is 9.08. The normalized spacial score (nSPS) is 24.9. The van der Waals surface area contributed by atoms with Crippen LogP contribution in [0.5, 0.6) is 0 Å². The lowest BCUT2D eigenvalue weighted by molar-refractivity contribution is 0.326. The van der Waals surface area contributed by atoms with Gasteiger partial charge in [-0.15, -0.1) is 0 Å². The SMILES string of the molecule is NC1CCCCCC1c1nc(-c2ncc[nH]2)no1. The maximum Gasteiger partial charge on any atom is 0.238 e. The van der Waals surface area contributed by atoms with Crippen LogP contribution in [-0.4, -0.2) is 26.2 Å². The highest BCUT2D eigenvalue weighted by Crippen LogP contribution is 2.30. The molecule has 0 amide bonds. The Hall–Kier alpha value is -1.69. The van der Waals surface area contributed by atoms with Crippen molar-refractivity contribution in [2.75, 3.05) is 0 Å². The Morgan fingerprint density at radius 1 is 1.28 bits per heavy atom. The predicted octanol–water partition coefficient (Wildman–Crippen LogP) is 1.83. The quantitative estimate of drug-likeness (QED) is 0.790. The molecular weight excluding hydrogens is 230 g/mol. The van der Waals surface area contributed by atoms with E-state index in [1.807, 2.05) is 0 Å². The highest BCUT2D eigenvalue weighted by Gasteiger charge is 2.27. The molecule has 2 atom stereocenters. The van der Waals surface area contributed by atoms with Crippen LogP contribution in [0.25, 0.3) is 11.6 Å². The van der Waals surface area contributed by atoms with Crippen molar-refractivity contribution in [2.24, 2.45) is 5.73 Å². The van der Waals surface area contributed by atoms with Gasteiger partial charge in [-0.05, 0) is 12.8 Å². The van der Waals surface area contributed by atoms with Gasteiger partial charge in [-0.2, -0.15) is 4.98 Å². The molecule has 96 valence electrons. The lowest BCUT2D eigenvalue weighted by Gasteiger charge is -2.16. The average Bonchev–Trinajstić information content (AvgIpc) is 3.00. The zero-order valence-corrected chi connectivity index (χ0v) is 10.2. The summed E-state index contributed by atoms with van der Waals surface area (Å²) in [6.45, 7) is 0. The highest BCUT2D eigenvalue weighted by atomic mass is 16.5. The minimum atomic E-state index is 0.123. The van der Waals surface area contributed by atoms with Crippen LogP contribution in [0.4, 0.5) is 0 Å². The first-order chi connectivity index (χ1) is 8.84. The number of rotatable bonds is 2. The smallest absolute Gasteiger partial charge is 0.238 e. The van der Waals surface area contributed by atoms with Crippen LogP contribution >= 0.6 is 0 Å². The lowest BCUT2D eigenvalue weighted by atomic mass is 9.95. The van der Waals surface area contributed by atoms with Gasteiger partial charge in [0.15, 0.2) is 5.82 Å². The number of aromatic amines is 1. The molecule has 6 heteroatoms. The zero-order valence-electron chi connectivity index (χ0n) is 10.2. The number of H-pyrrole nitrogens is 1. The van der Waals surface area contributed by atoms with Crippen molar-refractivity contribution in [1.29, 1.82) is 0 Å². The van der Waals surface area contributed by atoms with E-state index >= 15 is 0 Å². The van der Waals surface area contributed by atoms with Crippen LogP contribution in [0.15, 0.2) is 16.9 Å². The Balaban J connectivity index is 1.83. The fourth-order valence-corrected chi connectivity index (χ4v) is 2.51. The Morgan fingerprint density at radius 2 is 2.17 bits per heavy atom. The van der Waals surface area contributed by atoms with Crippen LogP contribution in [0.2, 0.25) is 0 Å². The van der Waals surface area contributed by atoms with Crippen LogP contribution in [0, 0.1) is 0 Å². The summed E-state index contributed by atoms with van der Waals surface area (Å²) in [5.74, 6) is 1.97. The van der Waals surface area contributed by atoms with Gasteiger partial charge in [0.05, 0.1) is 5.92 Å². The molecule has 0 bridgehead atoms. The largest absolute Gasteiger partial charge is 0.342 e. The molecule has 2 unspecified atom stereocenters. The number of nitrogens with one attached hydrogen (secondary N) is 1. The summed E-state index contributed by atoms with van der Waals surface area (Å²) >= 11 is 0. The third-order valence-electron chi connectivity index (χ3n) is 3.54. The van der Waals surface area contributed by atoms with Gasteiger partial charge in [-0.1, -0.05) is 24.4 Å². The van der Waals surface area contributed by atoms with E-state index in [4.69, 9.17) is 10.3 Å².